The van der Waals surface area contributed by atoms with E-state index in [9.17, 15) is 4.79 Å². The lowest BCUT2D eigenvalue weighted by Crippen LogP contribution is -2.37. The molecule has 0 aromatic carbocycles. The van der Waals surface area contributed by atoms with E-state index >= 15 is 0 Å². The van der Waals surface area contributed by atoms with Crippen LogP contribution < -0.4 is 0 Å². The first-order valence-corrected chi connectivity index (χ1v) is 5.29. The van der Waals surface area contributed by atoms with Gasteiger partial charge in [0.15, 0.2) is 0 Å². The van der Waals surface area contributed by atoms with E-state index in [1.807, 2.05) is 0 Å². The van der Waals surface area contributed by atoms with Crippen molar-refractivity contribution in [3.8, 4) is 0 Å². The zero-order valence-corrected chi connectivity index (χ0v) is 8.62. The van der Waals surface area contributed by atoms with Crippen LogP contribution in [0, 0.1) is 17.3 Å². The minimum Gasteiger partial charge on any atom is -0.306 e. The van der Waals surface area contributed by atoms with Crippen LogP contribution >= 0.6 is 0 Å². The lowest BCUT2D eigenvalue weighted by atomic mass is 9.75. The highest BCUT2D eigenvalue weighted by atomic mass is 16.1. The molecule has 0 bridgehead atoms. The zero-order valence-electron chi connectivity index (χ0n) is 8.62. The monoisotopic (exact) mass is 181 g/mol. The Balaban J connectivity index is 1.94. The molecule has 2 rings (SSSR count). The summed E-state index contributed by atoms with van der Waals surface area (Å²) < 4.78 is 0. The van der Waals surface area contributed by atoms with Crippen LogP contribution in [0.4, 0.5) is 0 Å². The quantitative estimate of drug-likeness (QED) is 0.602. The van der Waals surface area contributed by atoms with Gasteiger partial charge >= 0.3 is 0 Å². The molecule has 13 heavy (non-hydrogen) atoms. The van der Waals surface area contributed by atoms with Gasteiger partial charge in [0.1, 0.15) is 6.29 Å². The SMILES string of the molecule is CN1CCC(C)([C@H]2C[C@@H]2C=O)CC1. The first-order valence-electron chi connectivity index (χ1n) is 5.29. The number of hydrogen-bond acceptors (Lipinski definition) is 2. The van der Waals surface area contributed by atoms with Crippen molar-refractivity contribution in [1.29, 1.82) is 0 Å². The van der Waals surface area contributed by atoms with Gasteiger partial charge < -0.3 is 9.69 Å². The summed E-state index contributed by atoms with van der Waals surface area (Å²) in [4.78, 5) is 13.0. The van der Waals surface area contributed by atoms with Crippen LogP contribution in [0.25, 0.3) is 0 Å². The van der Waals surface area contributed by atoms with Crippen LogP contribution in [0.15, 0.2) is 0 Å². The molecular formula is C11H19NO. The standard InChI is InChI=1S/C11H19NO/c1-11(10-7-9(10)8-13)3-5-12(2)6-4-11/h8-10H,3-7H2,1-2H3/t9-,10+/m1/s1. The second-order valence-electron chi connectivity index (χ2n) is 5.10. The van der Waals surface area contributed by atoms with Gasteiger partial charge in [0.05, 0.1) is 0 Å². The predicted molar refractivity (Wildman–Crippen MR) is 52.5 cm³/mol. The molecule has 74 valence electrons. The first-order chi connectivity index (χ1) is 6.15. The van der Waals surface area contributed by atoms with Crippen LogP contribution in [-0.4, -0.2) is 31.3 Å². The largest absolute Gasteiger partial charge is 0.306 e. The Hall–Kier alpha value is -0.370. The van der Waals surface area contributed by atoms with Crippen molar-refractivity contribution in [3.05, 3.63) is 0 Å². The van der Waals surface area contributed by atoms with E-state index in [4.69, 9.17) is 0 Å². The van der Waals surface area contributed by atoms with Crippen LogP contribution in [0.5, 0.6) is 0 Å². The van der Waals surface area contributed by atoms with E-state index in [1.165, 1.54) is 25.9 Å². The number of rotatable bonds is 2. The highest BCUT2D eigenvalue weighted by Crippen LogP contribution is 2.54. The van der Waals surface area contributed by atoms with Gasteiger partial charge in [-0.1, -0.05) is 6.92 Å². The molecule has 1 aliphatic heterocycles. The Morgan fingerprint density at radius 3 is 2.46 bits per heavy atom. The fraction of sp³-hybridized carbons (Fsp3) is 0.909. The van der Waals surface area contributed by atoms with Gasteiger partial charge in [-0.25, -0.2) is 0 Å². The summed E-state index contributed by atoms with van der Waals surface area (Å²) in [7, 11) is 2.18. The first kappa shape index (κ1) is 9.20. The number of carbonyl (C=O) groups excluding carboxylic acids is 1. The minimum atomic E-state index is 0.397. The van der Waals surface area contributed by atoms with E-state index in [0.717, 1.165) is 12.7 Å². The number of nitrogens with zero attached hydrogens (tertiary/aromatic N) is 1. The molecule has 0 N–H and O–H groups in total. The maximum absolute atomic E-state index is 10.6. The molecule has 1 saturated heterocycles. The van der Waals surface area contributed by atoms with Gasteiger partial charge in [-0.3, -0.25) is 0 Å². The van der Waals surface area contributed by atoms with Crippen molar-refractivity contribution >= 4 is 6.29 Å². The summed E-state index contributed by atoms with van der Waals surface area (Å²) in [5, 5.41) is 0. The molecule has 0 spiro atoms. The Labute approximate surface area is 80.3 Å². The summed E-state index contributed by atoms with van der Waals surface area (Å²) in [6.07, 6.45) is 4.87. The highest BCUT2D eigenvalue weighted by molar-refractivity contribution is 5.58. The fourth-order valence-electron chi connectivity index (χ4n) is 2.67. The highest BCUT2D eigenvalue weighted by Gasteiger charge is 2.50. The van der Waals surface area contributed by atoms with Gasteiger partial charge in [-0.15, -0.1) is 0 Å². The third-order valence-corrected chi connectivity index (χ3v) is 4.04. The zero-order chi connectivity index (χ0) is 9.47. The molecule has 0 amide bonds. The molecule has 1 aliphatic carbocycles. The van der Waals surface area contributed by atoms with Crippen LogP contribution in [0.1, 0.15) is 26.2 Å². The molecule has 0 unspecified atom stereocenters. The number of carbonyl (C=O) groups is 1. The summed E-state index contributed by atoms with van der Waals surface area (Å²) in [5.74, 6) is 1.10. The van der Waals surface area contributed by atoms with Gasteiger partial charge in [0, 0.05) is 5.92 Å². The van der Waals surface area contributed by atoms with Gasteiger partial charge in [0.25, 0.3) is 0 Å². The molecule has 2 nitrogen and oxygen atoms in total. The third-order valence-electron chi connectivity index (χ3n) is 4.04. The van der Waals surface area contributed by atoms with Gasteiger partial charge in [-0.05, 0) is 50.7 Å². The van der Waals surface area contributed by atoms with Crippen molar-refractivity contribution in [2.24, 2.45) is 17.3 Å². The molecule has 0 aromatic heterocycles. The number of likely N-dealkylation sites (tertiary alicyclic amines) is 1. The van der Waals surface area contributed by atoms with Crippen molar-refractivity contribution in [2.75, 3.05) is 20.1 Å². The third kappa shape index (κ3) is 1.64. The number of hydrogen-bond donors (Lipinski definition) is 0. The van der Waals surface area contributed by atoms with E-state index < -0.39 is 0 Å². The maximum Gasteiger partial charge on any atom is 0.123 e. The summed E-state index contributed by atoms with van der Waals surface area (Å²) >= 11 is 0. The summed E-state index contributed by atoms with van der Waals surface area (Å²) in [6, 6.07) is 0. The van der Waals surface area contributed by atoms with E-state index in [-0.39, 0.29) is 0 Å². The van der Waals surface area contributed by atoms with Crippen LogP contribution in [-0.2, 0) is 4.79 Å². The average molecular weight is 181 g/mol. The molecule has 2 fully saturated rings. The normalized spacial score (nSPS) is 38.6. The molecule has 2 atom stereocenters. The second kappa shape index (κ2) is 3.09. The molecule has 1 saturated carbocycles. The van der Waals surface area contributed by atoms with E-state index in [1.54, 1.807) is 0 Å². The Morgan fingerprint density at radius 2 is 2.00 bits per heavy atom. The predicted octanol–water partition coefficient (Wildman–Crippen LogP) is 1.55. The van der Waals surface area contributed by atoms with Crippen molar-refractivity contribution in [1.82, 2.24) is 4.90 Å². The van der Waals surface area contributed by atoms with Gasteiger partial charge in [-0.2, -0.15) is 0 Å². The van der Waals surface area contributed by atoms with Crippen molar-refractivity contribution in [3.63, 3.8) is 0 Å². The van der Waals surface area contributed by atoms with Gasteiger partial charge in [0.2, 0.25) is 0 Å². The number of aldehydes is 1. The van der Waals surface area contributed by atoms with Crippen molar-refractivity contribution in [2.45, 2.75) is 26.2 Å². The Morgan fingerprint density at radius 1 is 1.38 bits per heavy atom. The fourth-order valence-corrected chi connectivity index (χ4v) is 2.67. The topological polar surface area (TPSA) is 20.3 Å². The van der Waals surface area contributed by atoms with Crippen LogP contribution in [0.3, 0.4) is 0 Å². The summed E-state index contributed by atoms with van der Waals surface area (Å²) in [6.45, 7) is 4.78. The van der Waals surface area contributed by atoms with E-state index in [0.29, 0.717) is 17.3 Å². The molecular weight excluding hydrogens is 162 g/mol. The number of piperidine rings is 1. The maximum atomic E-state index is 10.6. The summed E-state index contributed by atoms with van der Waals surface area (Å²) in [5.41, 5.74) is 0.470. The average Bonchev–Trinajstić information content (AvgIpc) is 2.90. The Bertz CT molecular complexity index is 206. The van der Waals surface area contributed by atoms with E-state index in [2.05, 4.69) is 18.9 Å². The minimum absolute atomic E-state index is 0.397. The molecule has 0 radical (unpaired) electrons. The lowest BCUT2D eigenvalue weighted by molar-refractivity contribution is -0.109. The molecule has 1 heterocycles. The molecule has 2 aliphatic rings. The van der Waals surface area contributed by atoms with Crippen LogP contribution in [0.2, 0.25) is 0 Å². The second-order valence-corrected chi connectivity index (χ2v) is 5.10. The van der Waals surface area contributed by atoms with Crippen molar-refractivity contribution < 1.29 is 4.79 Å². The smallest absolute Gasteiger partial charge is 0.123 e. The Kier molecular flexibility index (Phi) is 2.18. The molecule has 0 aromatic rings. The lowest BCUT2D eigenvalue weighted by Gasteiger charge is -2.38. The molecule has 2 heteroatoms.